The summed E-state index contributed by atoms with van der Waals surface area (Å²) in [4.78, 5) is 2.00. The first-order chi connectivity index (χ1) is 7.24. The van der Waals surface area contributed by atoms with E-state index in [0.717, 1.165) is 11.5 Å². The Bertz CT molecular complexity index is 304. The highest BCUT2D eigenvalue weighted by Gasteiger charge is 2.17. The molecule has 0 bridgehead atoms. The summed E-state index contributed by atoms with van der Waals surface area (Å²) in [7, 11) is 0. The van der Waals surface area contributed by atoms with Crippen molar-refractivity contribution in [2.75, 3.05) is 36.9 Å². The monoisotopic (exact) mass is 231 g/mol. The van der Waals surface area contributed by atoms with Crippen LogP contribution in [0.1, 0.15) is 13.8 Å². The minimum absolute atomic E-state index is 0.108. The molecule has 0 atom stereocenters. The van der Waals surface area contributed by atoms with E-state index >= 15 is 0 Å². The summed E-state index contributed by atoms with van der Waals surface area (Å²) in [5.41, 5.74) is 5.70. The van der Waals surface area contributed by atoms with Crippen LogP contribution in [0.15, 0.2) is 0 Å². The average molecular weight is 231 g/mol. The molecule has 0 aliphatic heterocycles. The number of nitrogen functional groups attached to an aromatic ring is 1. The van der Waals surface area contributed by atoms with E-state index in [9.17, 15) is 0 Å². The van der Waals surface area contributed by atoms with E-state index in [1.54, 1.807) is 0 Å². The van der Waals surface area contributed by atoms with Crippen molar-refractivity contribution in [3.05, 3.63) is 0 Å². The lowest BCUT2D eigenvalue weighted by Crippen LogP contribution is -2.25. The third kappa shape index (κ3) is 2.73. The molecule has 1 heterocycles. The number of hydrogen-bond donors (Lipinski definition) is 2. The molecule has 0 aliphatic rings. The quantitative estimate of drug-likeness (QED) is 0.762. The summed E-state index contributed by atoms with van der Waals surface area (Å²) >= 11 is 1.30. The maximum Gasteiger partial charge on any atom is 0.197 e. The minimum atomic E-state index is 0.108. The van der Waals surface area contributed by atoms with Crippen LogP contribution >= 0.6 is 11.5 Å². The van der Waals surface area contributed by atoms with Gasteiger partial charge in [-0.05, 0) is 25.4 Å². The van der Waals surface area contributed by atoms with Gasteiger partial charge in [0.25, 0.3) is 0 Å². The third-order valence-electron chi connectivity index (χ3n) is 1.98. The summed E-state index contributed by atoms with van der Waals surface area (Å²) in [6.45, 7) is 5.95. The predicted molar refractivity (Wildman–Crippen MR) is 62.7 cm³/mol. The van der Waals surface area contributed by atoms with Crippen LogP contribution < -0.4 is 15.4 Å². The van der Waals surface area contributed by atoms with Gasteiger partial charge in [0.2, 0.25) is 0 Å². The second-order valence-corrected chi connectivity index (χ2v) is 3.69. The topological polar surface area (TPSA) is 71.6 Å². The Hall–Kier alpha value is -1.01. The Balaban J connectivity index is 2.90. The smallest absolute Gasteiger partial charge is 0.197 e. The molecule has 0 aliphatic carbocycles. The number of ether oxygens (including phenoxy) is 1. The van der Waals surface area contributed by atoms with Gasteiger partial charge in [0.1, 0.15) is 0 Å². The Labute approximate surface area is 93.6 Å². The highest BCUT2D eigenvalue weighted by molar-refractivity contribution is 7.11. The molecule has 86 valence electrons. The van der Waals surface area contributed by atoms with E-state index in [1.807, 2.05) is 18.7 Å². The summed E-state index contributed by atoms with van der Waals surface area (Å²) in [6, 6.07) is 0. The van der Waals surface area contributed by atoms with E-state index in [0.29, 0.717) is 24.7 Å². The summed E-state index contributed by atoms with van der Waals surface area (Å²) < 4.78 is 9.49. The van der Waals surface area contributed by atoms with Crippen molar-refractivity contribution >= 4 is 22.4 Å². The van der Waals surface area contributed by atoms with Crippen molar-refractivity contribution in [2.24, 2.45) is 0 Å². The second kappa shape index (κ2) is 5.77. The molecule has 0 unspecified atom stereocenters. The van der Waals surface area contributed by atoms with Crippen molar-refractivity contribution < 1.29 is 9.84 Å². The standard InChI is InChI=1S/C9H17N3O2S/c1-3-12(5-6-13)9-7(14-4-2)8(10)11-15-9/h13H,3-6H2,1-2H3,(H2,10,11). The fourth-order valence-electron chi connectivity index (χ4n) is 1.29. The summed E-state index contributed by atoms with van der Waals surface area (Å²) in [6.07, 6.45) is 0. The maximum atomic E-state index is 8.93. The molecule has 1 rings (SSSR count). The van der Waals surface area contributed by atoms with Gasteiger partial charge in [0.15, 0.2) is 16.6 Å². The van der Waals surface area contributed by atoms with Crippen molar-refractivity contribution in [3.63, 3.8) is 0 Å². The van der Waals surface area contributed by atoms with E-state index in [2.05, 4.69) is 4.37 Å². The molecule has 15 heavy (non-hydrogen) atoms. The first-order valence-corrected chi connectivity index (χ1v) is 5.75. The molecule has 1 aromatic rings. The number of rotatable bonds is 6. The number of aliphatic hydroxyl groups is 1. The molecule has 3 N–H and O–H groups in total. The number of nitrogens with two attached hydrogens (primary N) is 1. The fourth-order valence-corrected chi connectivity index (χ4v) is 2.14. The molecule has 1 aromatic heterocycles. The van der Waals surface area contributed by atoms with Gasteiger partial charge in [-0.25, -0.2) is 0 Å². The Morgan fingerprint density at radius 1 is 1.53 bits per heavy atom. The lowest BCUT2D eigenvalue weighted by Gasteiger charge is -2.20. The van der Waals surface area contributed by atoms with Crippen molar-refractivity contribution in [1.82, 2.24) is 4.37 Å². The molecule has 0 spiro atoms. The zero-order valence-electron chi connectivity index (χ0n) is 9.06. The van der Waals surface area contributed by atoms with Gasteiger partial charge in [-0.2, -0.15) is 4.37 Å². The zero-order chi connectivity index (χ0) is 11.3. The molecule has 0 aromatic carbocycles. The molecule has 6 heteroatoms. The highest BCUT2D eigenvalue weighted by Crippen LogP contribution is 2.37. The summed E-state index contributed by atoms with van der Waals surface area (Å²) in [5, 5.41) is 9.82. The first kappa shape index (κ1) is 12.1. The SMILES string of the molecule is CCOc1c(N)nsc1N(CC)CCO. The van der Waals surface area contributed by atoms with Gasteiger partial charge in [-0.3, -0.25) is 0 Å². The zero-order valence-corrected chi connectivity index (χ0v) is 9.88. The average Bonchev–Trinajstić information content (AvgIpc) is 2.58. The van der Waals surface area contributed by atoms with Gasteiger partial charge < -0.3 is 20.5 Å². The van der Waals surface area contributed by atoms with E-state index in [4.69, 9.17) is 15.6 Å². The molecule has 0 saturated carbocycles. The third-order valence-corrected chi connectivity index (χ3v) is 2.89. The minimum Gasteiger partial charge on any atom is -0.487 e. The molecular formula is C9H17N3O2S. The Kier molecular flexibility index (Phi) is 4.64. The van der Waals surface area contributed by atoms with Crippen LogP contribution in [0.4, 0.5) is 10.8 Å². The van der Waals surface area contributed by atoms with E-state index in [-0.39, 0.29) is 6.61 Å². The molecule has 5 nitrogen and oxygen atoms in total. The van der Waals surface area contributed by atoms with Gasteiger partial charge in [-0.15, -0.1) is 0 Å². The van der Waals surface area contributed by atoms with Crippen LogP contribution in [0.3, 0.4) is 0 Å². The van der Waals surface area contributed by atoms with Gasteiger partial charge >= 0.3 is 0 Å². The number of nitrogens with zero attached hydrogens (tertiary/aromatic N) is 2. The predicted octanol–water partition coefficient (Wildman–Crippen LogP) is 0.943. The molecule has 0 saturated heterocycles. The first-order valence-electron chi connectivity index (χ1n) is 4.98. The van der Waals surface area contributed by atoms with Crippen LogP contribution in [0.2, 0.25) is 0 Å². The van der Waals surface area contributed by atoms with Crippen LogP contribution in [-0.2, 0) is 0 Å². The second-order valence-electron chi connectivity index (χ2n) is 2.94. The van der Waals surface area contributed by atoms with Crippen LogP contribution in [0, 0.1) is 0 Å². The number of aliphatic hydroxyl groups excluding tert-OH is 1. The number of hydrogen-bond acceptors (Lipinski definition) is 6. The lowest BCUT2D eigenvalue weighted by atomic mass is 10.4. The highest BCUT2D eigenvalue weighted by atomic mass is 32.1. The number of aromatic nitrogens is 1. The molecule has 0 amide bonds. The van der Waals surface area contributed by atoms with Crippen LogP contribution in [-0.4, -0.2) is 35.8 Å². The molecule has 0 fully saturated rings. The van der Waals surface area contributed by atoms with Crippen molar-refractivity contribution in [3.8, 4) is 5.75 Å². The normalized spacial score (nSPS) is 10.3. The molecule has 0 radical (unpaired) electrons. The van der Waals surface area contributed by atoms with Crippen molar-refractivity contribution in [2.45, 2.75) is 13.8 Å². The fraction of sp³-hybridized carbons (Fsp3) is 0.667. The number of likely N-dealkylation sites (N-methyl/N-ethyl adjacent to an activating group) is 1. The Morgan fingerprint density at radius 3 is 2.80 bits per heavy atom. The lowest BCUT2D eigenvalue weighted by molar-refractivity contribution is 0.301. The van der Waals surface area contributed by atoms with Gasteiger partial charge in [-0.1, -0.05) is 0 Å². The Morgan fingerprint density at radius 2 is 2.27 bits per heavy atom. The maximum absolute atomic E-state index is 8.93. The molecular weight excluding hydrogens is 214 g/mol. The number of anilines is 2. The largest absolute Gasteiger partial charge is 0.487 e. The summed E-state index contributed by atoms with van der Waals surface area (Å²) in [5.74, 6) is 1.06. The van der Waals surface area contributed by atoms with Crippen molar-refractivity contribution in [1.29, 1.82) is 0 Å². The van der Waals surface area contributed by atoms with E-state index < -0.39 is 0 Å². The van der Waals surface area contributed by atoms with Crippen LogP contribution in [0.5, 0.6) is 5.75 Å². The van der Waals surface area contributed by atoms with Crippen LogP contribution in [0.25, 0.3) is 0 Å². The van der Waals surface area contributed by atoms with E-state index in [1.165, 1.54) is 11.5 Å². The van der Waals surface area contributed by atoms with Gasteiger partial charge in [0, 0.05) is 13.1 Å². The van der Waals surface area contributed by atoms with Gasteiger partial charge in [0.05, 0.1) is 13.2 Å².